The molecule has 1 atom stereocenters. The third-order valence-corrected chi connectivity index (χ3v) is 2.46. The largest absolute Gasteiger partial charge is 0.439 e. The van der Waals surface area contributed by atoms with E-state index in [9.17, 15) is 4.79 Å². The summed E-state index contributed by atoms with van der Waals surface area (Å²) in [6.45, 7) is 1.62. The molecular weight excluding hydrogens is 192 g/mol. The summed E-state index contributed by atoms with van der Waals surface area (Å²) in [5.74, 6) is 0. The Bertz CT molecular complexity index is 340. The van der Waals surface area contributed by atoms with E-state index in [4.69, 9.17) is 10.5 Å². The summed E-state index contributed by atoms with van der Waals surface area (Å²) in [7, 11) is 0. The van der Waals surface area contributed by atoms with Crippen molar-refractivity contribution in [3.05, 3.63) is 35.9 Å². The molecule has 0 radical (unpaired) electrons. The molecule has 0 saturated carbocycles. The third-order valence-electron chi connectivity index (χ3n) is 2.46. The fraction of sp³-hybridized carbons (Fsp3) is 0.364. The fourth-order valence-electron chi connectivity index (χ4n) is 1.69. The van der Waals surface area contributed by atoms with Crippen LogP contribution in [0.25, 0.3) is 0 Å². The molecule has 2 N–H and O–H groups in total. The van der Waals surface area contributed by atoms with Gasteiger partial charge in [-0.3, -0.25) is 0 Å². The summed E-state index contributed by atoms with van der Waals surface area (Å²) in [5, 5.41) is 0. The van der Waals surface area contributed by atoms with Gasteiger partial charge in [-0.1, -0.05) is 30.3 Å². The zero-order chi connectivity index (χ0) is 10.7. The Morgan fingerprint density at radius 1 is 1.40 bits per heavy atom. The molecule has 80 valence electrons. The number of cyclic esters (lactones) is 1. The Hall–Kier alpha value is -1.55. The predicted molar refractivity (Wildman–Crippen MR) is 56.3 cm³/mol. The average molecular weight is 206 g/mol. The van der Waals surface area contributed by atoms with Crippen molar-refractivity contribution in [1.29, 1.82) is 0 Å². The Labute approximate surface area is 88.6 Å². The van der Waals surface area contributed by atoms with Gasteiger partial charge in [0.15, 0.2) is 0 Å². The Morgan fingerprint density at radius 2 is 2.13 bits per heavy atom. The molecule has 1 fully saturated rings. The van der Waals surface area contributed by atoms with Crippen LogP contribution in [0.15, 0.2) is 30.3 Å². The molecule has 15 heavy (non-hydrogen) atoms. The number of ether oxygens (including phenoxy) is 1. The summed E-state index contributed by atoms with van der Waals surface area (Å²) >= 11 is 0. The highest BCUT2D eigenvalue weighted by Gasteiger charge is 2.31. The normalized spacial score (nSPS) is 20.5. The van der Waals surface area contributed by atoms with Gasteiger partial charge in [-0.15, -0.1) is 0 Å². The molecule has 1 saturated heterocycles. The number of nitrogens with zero attached hydrogens (tertiary/aromatic N) is 1. The number of rotatable bonds is 3. The first-order valence-corrected chi connectivity index (χ1v) is 5.02. The SMILES string of the molecule is NCCN1CC(c2ccccc2)OC1=O. The smallest absolute Gasteiger partial charge is 0.410 e. The Kier molecular flexibility index (Phi) is 2.87. The molecule has 1 aliphatic heterocycles. The fourth-order valence-corrected chi connectivity index (χ4v) is 1.69. The van der Waals surface area contributed by atoms with Gasteiger partial charge in [0, 0.05) is 13.1 Å². The molecule has 4 heteroatoms. The second kappa shape index (κ2) is 4.31. The maximum Gasteiger partial charge on any atom is 0.410 e. The van der Waals surface area contributed by atoms with Crippen molar-refractivity contribution in [2.75, 3.05) is 19.6 Å². The van der Waals surface area contributed by atoms with Crippen LogP contribution in [0.2, 0.25) is 0 Å². The van der Waals surface area contributed by atoms with Gasteiger partial charge in [0.05, 0.1) is 6.54 Å². The summed E-state index contributed by atoms with van der Waals surface area (Å²) in [6.07, 6.45) is -0.417. The number of hydrogen-bond acceptors (Lipinski definition) is 3. The van der Waals surface area contributed by atoms with E-state index in [2.05, 4.69) is 0 Å². The molecule has 0 aromatic heterocycles. The van der Waals surface area contributed by atoms with Crippen molar-refractivity contribution < 1.29 is 9.53 Å². The molecule has 0 spiro atoms. The number of nitrogens with two attached hydrogens (primary N) is 1. The molecule has 1 aliphatic rings. The van der Waals surface area contributed by atoms with Gasteiger partial charge in [0.25, 0.3) is 0 Å². The summed E-state index contributed by atoms with van der Waals surface area (Å²) in [6, 6.07) is 9.75. The summed E-state index contributed by atoms with van der Waals surface area (Å²) in [4.78, 5) is 13.0. The zero-order valence-corrected chi connectivity index (χ0v) is 8.43. The lowest BCUT2D eigenvalue weighted by Crippen LogP contribution is -2.30. The first-order valence-electron chi connectivity index (χ1n) is 5.02. The van der Waals surface area contributed by atoms with Crippen molar-refractivity contribution in [1.82, 2.24) is 4.90 Å². The van der Waals surface area contributed by atoms with Crippen LogP contribution in [-0.2, 0) is 4.74 Å². The second-order valence-corrected chi connectivity index (χ2v) is 3.52. The van der Waals surface area contributed by atoms with Gasteiger partial charge in [0.2, 0.25) is 0 Å². The van der Waals surface area contributed by atoms with Crippen LogP contribution in [0.5, 0.6) is 0 Å². The summed E-state index contributed by atoms with van der Waals surface area (Å²) in [5.41, 5.74) is 6.44. The molecule has 1 aromatic carbocycles. The van der Waals surface area contributed by atoms with Crippen LogP contribution >= 0.6 is 0 Å². The van der Waals surface area contributed by atoms with E-state index in [1.165, 1.54) is 0 Å². The highest BCUT2D eigenvalue weighted by molar-refractivity contribution is 5.70. The number of carbonyl (C=O) groups excluding carboxylic acids is 1. The molecule has 0 bridgehead atoms. The minimum atomic E-state index is -0.269. The monoisotopic (exact) mass is 206 g/mol. The minimum Gasteiger partial charge on any atom is -0.439 e. The van der Waals surface area contributed by atoms with Crippen LogP contribution in [0, 0.1) is 0 Å². The van der Waals surface area contributed by atoms with E-state index in [0.717, 1.165) is 5.56 Å². The highest BCUT2D eigenvalue weighted by Crippen LogP contribution is 2.25. The molecule has 1 unspecified atom stereocenters. The standard InChI is InChI=1S/C11H14N2O2/c12-6-7-13-8-10(15-11(13)14)9-4-2-1-3-5-9/h1-5,10H,6-8,12H2. The van der Waals surface area contributed by atoms with Crippen molar-refractivity contribution >= 4 is 6.09 Å². The molecule has 1 amide bonds. The van der Waals surface area contributed by atoms with Crippen LogP contribution in [0.4, 0.5) is 4.79 Å². The van der Waals surface area contributed by atoms with Crippen molar-refractivity contribution in [3.63, 3.8) is 0 Å². The third kappa shape index (κ3) is 2.10. The van der Waals surface area contributed by atoms with Gasteiger partial charge in [-0.05, 0) is 5.56 Å². The number of amides is 1. The van der Waals surface area contributed by atoms with Crippen LogP contribution in [-0.4, -0.2) is 30.6 Å². The van der Waals surface area contributed by atoms with Gasteiger partial charge in [0.1, 0.15) is 6.10 Å². The van der Waals surface area contributed by atoms with E-state index in [1.807, 2.05) is 30.3 Å². The van der Waals surface area contributed by atoms with Gasteiger partial charge < -0.3 is 15.4 Å². The first kappa shape index (κ1) is 9.98. The van der Waals surface area contributed by atoms with Crippen molar-refractivity contribution in [3.8, 4) is 0 Å². The molecule has 0 aliphatic carbocycles. The van der Waals surface area contributed by atoms with Gasteiger partial charge in [-0.2, -0.15) is 0 Å². The van der Waals surface area contributed by atoms with Crippen LogP contribution < -0.4 is 5.73 Å². The maximum atomic E-state index is 11.4. The van der Waals surface area contributed by atoms with E-state index in [1.54, 1.807) is 4.90 Å². The first-order chi connectivity index (χ1) is 7.31. The molecule has 4 nitrogen and oxygen atoms in total. The lowest BCUT2D eigenvalue weighted by molar-refractivity contribution is 0.133. The van der Waals surface area contributed by atoms with Crippen molar-refractivity contribution in [2.45, 2.75) is 6.10 Å². The predicted octanol–water partition coefficient (Wildman–Crippen LogP) is 1.14. The zero-order valence-electron chi connectivity index (χ0n) is 8.43. The Morgan fingerprint density at radius 3 is 2.80 bits per heavy atom. The molecular formula is C11H14N2O2. The molecule has 1 heterocycles. The topological polar surface area (TPSA) is 55.6 Å². The van der Waals surface area contributed by atoms with E-state index >= 15 is 0 Å². The molecule has 2 rings (SSSR count). The number of benzene rings is 1. The van der Waals surface area contributed by atoms with Crippen LogP contribution in [0.3, 0.4) is 0 Å². The average Bonchev–Trinajstić information content (AvgIpc) is 2.63. The van der Waals surface area contributed by atoms with Crippen molar-refractivity contribution in [2.24, 2.45) is 5.73 Å². The number of carbonyl (C=O) groups is 1. The lowest BCUT2D eigenvalue weighted by Gasteiger charge is -2.10. The minimum absolute atomic E-state index is 0.148. The highest BCUT2D eigenvalue weighted by atomic mass is 16.6. The number of hydrogen-bond donors (Lipinski definition) is 1. The van der Waals surface area contributed by atoms with E-state index in [-0.39, 0.29) is 12.2 Å². The Balaban J connectivity index is 2.06. The van der Waals surface area contributed by atoms with E-state index < -0.39 is 0 Å². The quantitative estimate of drug-likeness (QED) is 0.806. The summed E-state index contributed by atoms with van der Waals surface area (Å²) < 4.78 is 5.24. The second-order valence-electron chi connectivity index (χ2n) is 3.52. The van der Waals surface area contributed by atoms with Gasteiger partial charge >= 0.3 is 6.09 Å². The van der Waals surface area contributed by atoms with Crippen LogP contribution in [0.1, 0.15) is 11.7 Å². The van der Waals surface area contributed by atoms with Gasteiger partial charge in [-0.25, -0.2) is 4.79 Å². The lowest BCUT2D eigenvalue weighted by atomic mass is 10.1. The maximum absolute atomic E-state index is 11.4. The molecule has 1 aromatic rings. The van der Waals surface area contributed by atoms with E-state index in [0.29, 0.717) is 19.6 Å².